The van der Waals surface area contributed by atoms with Crippen molar-refractivity contribution in [3.05, 3.63) is 11.9 Å². The first-order valence-corrected chi connectivity index (χ1v) is 8.72. The molecule has 27 heavy (non-hydrogen) atoms. The highest BCUT2D eigenvalue weighted by atomic mass is 127. The number of carbonyl (C=O) groups excluding carboxylic acids is 3. The summed E-state index contributed by atoms with van der Waals surface area (Å²) in [7, 11) is 3.92. The van der Waals surface area contributed by atoms with Gasteiger partial charge in [0.1, 0.15) is 0 Å². The minimum absolute atomic E-state index is 0. The van der Waals surface area contributed by atoms with E-state index in [1.54, 1.807) is 13.8 Å². The van der Waals surface area contributed by atoms with Gasteiger partial charge in [-0.15, -0.1) is 0 Å². The quantitative estimate of drug-likeness (QED) is 0.148. The van der Waals surface area contributed by atoms with Crippen LogP contribution in [0.15, 0.2) is 11.4 Å². The molecule has 1 heterocycles. The molecule has 1 rings (SSSR count). The second-order valence-electron chi connectivity index (χ2n) is 5.65. The summed E-state index contributed by atoms with van der Waals surface area (Å²) in [6.07, 6.45) is 0.396. The summed E-state index contributed by atoms with van der Waals surface area (Å²) in [6, 6.07) is -1.13. The number of nitrogens with zero attached hydrogens (tertiary/aromatic N) is 3. The minimum Gasteiger partial charge on any atom is -1.00 e. The van der Waals surface area contributed by atoms with E-state index in [-0.39, 0.29) is 54.5 Å². The highest BCUT2D eigenvalue weighted by molar-refractivity contribution is 8.13. The van der Waals surface area contributed by atoms with Gasteiger partial charge in [-0.2, -0.15) is 0 Å². The summed E-state index contributed by atoms with van der Waals surface area (Å²) in [5.41, 5.74) is 0.218. The molecular formula is C16H26IN3O6S. The van der Waals surface area contributed by atoms with E-state index in [2.05, 4.69) is 4.98 Å². The third kappa shape index (κ3) is 7.66. The molecule has 1 aromatic heterocycles. The molecule has 0 saturated carbocycles. The highest BCUT2D eigenvalue weighted by Gasteiger charge is 2.34. The molecular weight excluding hydrogens is 489 g/mol. The Morgan fingerprint density at radius 3 is 2.44 bits per heavy atom. The lowest BCUT2D eigenvalue weighted by atomic mass is 10.1. The molecule has 0 aliphatic heterocycles. The largest absolute Gasteiger partial charge is 1.00 e. The molecule has 0 spiro atoms. The van der Waals surface area contributed by atoms with E-state index in [1.807, 2.05) is 0 Å². The maximum absolute atomic E-state index is 12.3. The fourth-order valence-corrected chi connectivity index (χ4v) is 2.75. The maximum Gasteiger partial charge on any atom is 0.420 e. The zero-order valence-electron chi connectivity index (χ0n) is 18.9. The van der Waals surface area contributed by atoms with Gasteiger partial charge in [-0.3, -0.25) is 0 Å². The number of carbonyl (C=O) groups is 3. The minimum atomic E-state index is -2.51. The van der Waals surface area contributed by atoms with E-state index in [4.69, 9.17) is 18.3 Å². The van der Waals surface area contributed by atoms with Crippen LogP contribution in [0.5, 0.6) is 0 Å². The average molecular weight is 518 g/mol. The maximum atomic E-state index is 12.3. The number of quaternary nitrogens is 1. The molecule has 1 unspecified atom stereocenters. The van der Waals surface area contributed by atoms with E-state index in [0.717, 1.165) is 11.7 Å². The number of imidazole rings is 1. The molecule has 0 aliphatic carbocycles. The molecule has 154 valence electrons. The number of thioether (sulfide) groups is 1. The summed E-state index contributed by atoms with van der Waals surface area (Å²) in [4.78, 5) is 40.5. The fraction of sp³-hybridized carbons (Fsp3) is 0.625. The van der Waals surface area contributed by atoms with Crippen molar-refractivity contribution in [3.8, 4) is 0 Å². The number of esters is 1. The average Bonchev–Trinajstić information content (AvgIpc) is 3.00. The molecule has 0 aromatic carbocycles. The monoisotopic (exact) mass is 518 g/mol. The van der Waals surface area contributed by atoms with Crippen molar-refractivity contribution in [1.29, 1.82) is 0 Å². The van der Waals surface area contributed by atoms with Crippen LogP contribution in [-0.4, -0.2) is 78.8 Å². The summed E-state index contributed by atoms with van der Waals surface area (Å²) < 4.78 is 38.2. The van der Waals surface area contributed by atoms with Crippen LogP contribution in [0.2, 0.25) is 0 Å². The summed E-state index contributed by atoms with van der Waals surface area (Å²) in [5.74, 6) is -0.739. The van der Waals surface area contributed by atoms with Gasteiger partial charge in [0.15, 0.2) is 11.2 Å². The van der Waals surface area contributed by atoms with Gasteiger partial charge in [-0.1, -0.05) is 0 Å². The van der Waals surface area contributed by atoms with Gasteiger partial charge in [0.05, 0.1) is 57.6 Å². The first kappa shape index (κ1) is 20.4. The first-order chi connectivity index (χ1) is 13.4. The third-order valence-corrected chi connectivity index (χ3v) is 4.03. The number of halogens is 1. The lowest BCUT2D eigenvalue weighted by Gasteiger charge is -2.31. The van der Waals surface area contributed by atoms with Gasteiger partial charge in [0.25, 0.3) is 0 Å². The normalized spacial score (nSPS) is 14.0. The van der Waals surface area contributed by atoms with Crippen LogP contribution in [0.3, 0.4) is 0 Å². The van der Waals surface area contributed by atoms with Gasteiger partial charge >= 0.3 is 17.4 Å². The Labute approximate surface area is 184 Å². The molecule has 0 radical (unpaired) electrons. The zero-order valence-corrected chi connectivity index (χ0v) is 18.8. The topological polar surface area (TPSA) is 96.7 Å². The lowest BCUT2D eigenvalue weighted by molar-refractivity contribution is -0.887. The van der Waals surface area contributed by atoms with Crippen molar-refractivity contribution in [2.45, 2.75) is 31.5 Å². The number of likely N-dealkylation sites (N-methyl/N-ethyl adjacent to an activating group) is 1. The second kappa shape index (κ2) is 11.5. The Hall–Kier alpha value is -1.34. The number of rotatable bonds is 7. The third-order valence-electron chi connectivity index (χ3n) is 3.28. The number of hydrogen-bond donors (Lipinski definition) is 0. The Kier molecular flexibility index (Phi) is 8.68. The standard InChI is InChI=1S/C16H26N3O6S.HI/c1-7-24-15(21)18-10-11(17-14(18)26-16(22)25-8-2)9-12(13(20)23-6)19(3,4)5;/h10,12H,7-9H2,1-6H3;1H/q+1;/p-1/i3D3;. The van der Waals surface area contributed by atoms with Gasteiger partial charge in [-0.25, -0.2) is 23.9 Å². The smallest absolute Gasteiger partial charge is 0.420 e. The number of methoxy groups -OCH3 is 1. The van der Waals surface area contributed by atoms with E-state index in [1.165, 1.54) is 20.3 Å². The first-order valence-electron chi connectivity index (χ1n) is 9.40. The molecule has 0 bridgehead atoms. The summed E-state index contributed by atoms with van der Waals surface area (Å²) in [6.45, 7) is 0.997. The Bertz CT molecular complexity index is 757. The van der Waals surface area contributed by atoms with E-state index < -0.39 is 34.9 Å². The van der Waals surface area contributed by atoms with Crippen LogP contribution in [0.4, 0.5) is 9.59 Å². The van der Waals surface area contributed by atoms with Crippen molar-refractivity contribution < 1.29 is 61.2 Å². The van der Waals surface area contributed by atoms with E-state index in [9.17, 15) is 14.4 Å². The van der Waals surface area contributed by atoms with E-state index in [0.29, 0.717) is 11.8 Å². The Morgan fingerprint density at radius 1 is 1.30 bits per heavy atom. The van der Waals surface area contributed by atoms with Crippen LogP contribution in [0.25, 0.3) is 0 Å². The molecule has 1 atom stereocenters. The van der Waals surface area contributed by atoms with Crippen molar-refractivity contribution in [2.24, 2.45) is 0 Å². The van der Waals surface area contributed by atoms with Crippen LogP contribution in [0.1, 0.15) is 23.7 Å². The Morgan fingerprint density at radius 2 is 1.93 bits per heavy atom. The zero-order chi connectivity index (χ0) is 22.4. The van der Waals surface area contributed by atoms with Crippen molar-refractivity contribution in [2.75, 3.05) is 41.4 Å². The van der Waals surface area contributed by atoms with Gasteiger partial charge in [0, 0.05) is 18.0 Å². The second-order valence-corrected chi connectivity index (χ2v) is 6.55. The van der Waals surface area contributed by atoms with E-state index >= 15 is 0 Å². The van der Waals surface area contributed by atoms with Crippen LogP contribution in [-0.2, 0) is 25.4 Å². The fourth-order valence-electron chi connectivity index (χ4n) is 2.04. The van der Waals surface area contributed by atoms with Crippen LogP contribution < -0.4 is 24.0 Å². The SMILES string of the molecule is [2H]C([2H])([2H])[N+](C)(C)C(Cc1cn(C(=O)OCC)c(SC(=O)OCC)n1)C(=O)OC.[I-]. The van der Waals surface area contributed by atoms with Gasteiger partial charge in [0.2, 0.25) is 0 Å². The molecule has 0 saturated heterocycles. The molecule has 0 N–H and O–H groups in total. The Balaban J connectivity index is 0.00000841. The van der Waals surface area contributed by atoms with Crippen molar-refractivity contribution >= 4 is 29.1 Å². The summed E-state index contributed by atoms with van der Waals surface area (Å²) in [5, 5.41) is -0.682. The molecule has 1 aromatic rings. The summed E-state index contributed by atoms with van der Waals surface area (Å²) >= 11 is 0.582. The van der Waals surface area contributed by atoms with Crippen molar-refractivity contribution in [1.82, 2.24) is 9.55 Å². The lowest BCUT2D eigenvalue weighted by Crippen LogP contribution is -3.00. The number of hydrogen-bond acceptors (Lipinski definition) is 8. The molecule has 0 aliphatic rings. The highest BCUT2D eigenvalue weighted by Crippen LogP contribution is 2.22. The number of ether oxygens (including phenoxy) is 3. The number of aromatic nitrogens is 2. The van der Waals surface area contributed by atoms with Crippen LogP contribution >= 0.6 is 11.8 Å². The molecule has 11 heteroatoms. The predicted molar refractivity (Wildman–Crippen MR) is 95.1 cm³/mol. The van der Waals surface area contributed by atoms with Gasteiger partial charge < -0.3 is 42.7 Å². The molecule has 9 nitrogen and oxygen atoms in total. The van der Waals surface area contributed by atoms with Crippen molar-refractivity contribution in [3.63, 3.8) is 0 Å². The molecule has 0 fully saturated rings. The van der Waals surface area contributed by atoms with Gasteiger partial charge in [-0.05, 0) is 13.8 Å². The predicted octanol–water partition coefficient (Wildman–Crippen LogP) is -1.07. The van der Waals surface area contributed by atoms with Crippen LogP contribution in [0, 0.1) is 0 Å². The molecule has 0 amide bonds.